The molecule has 13 heavy (non-hydrogen) atoms. The molecule has 0 aliphatic heterocycles. The van der Waals surface area contributed by atoms with Gasteiger partial charge in [-0.05, 0) is 26.2 Å². The van der Waals surface area contributed by atoms with E-state index in [0.29, 0.717) is 6.42 Å². The van der Waals surface area contributed by atoms with Crippen molar-refractivity contribution in [2.45, 2.75) is 32.6 Å². The number of aromatic nitrogens is 2. The van der Waals surface area contributed by atoms with Crippen molar-refractivity contribution in [1.29, 1.82) is 0 Å². The average Bonchev–Trinajstić information content (AvgIpc) is 2.29. The van der Waals surface area contributed by atoms with E-state index in [9.17, 15) is 4.79 Å². The fourth-order valence-electron chi connectivity index (χ4n) is 1.92. The number of hydrogen-bond acceptors (Lipinski definition) is 2. The van der Waals surface area contributed by atoms with E-state index in [-0.39, 0.29) is 5.78 Å². The second-order valence-corrected chi connectivity index (χ2v) is 3.66. The highest BCUT2D eigenvalue weighted by molar-refractivity contribution is 5.98. The van der Waals surface area contributed by atoms with Gasteiger partial charge in [-0.3, -0.25) is 9.48 Å². The van der Waals surface area contributed by atoms with Crippen LogP contribution in [-0.2, 0) is 13.5 Å². The Morgan fingerprint density at radius 1 is 1.31 bits per heavy atom. The number of nitrogens with zero attached hydrogens (tertiary/aromatic N) is 2. The van der Waals surface area contributed by atoms with Crippen molar-refractivity contribution in [2.24, 2.45) is 7.05 Å². The number of hydrogen-bond donors (Lipinski definition) is 0. The van der Waals surface area contributed by atoms with Gasteiger partial charge >= 0.3 is 0 Å². The highest BCUT2D eigenvalue weighted by Crippen LogP contribution is 2.22. The van der Waals surface area contributed by atoms with Crippen LogP contribution in [0.25, 0.3) is 0 Å². The van der Waals surface area contributed by atoms with Crippen molar-refractivity contribution in [3.63, 3.8) is 0 Å². The van der Waals surface area contributed by atoms with Gasteiger partial charge in [0.1, 0.15) is 0 Å². The normalized spacial score (nSPS) is 16.9. The number of Topliss-reactive ketones (excluding diaryl/α,β-unsaturated/α-hetero) is 1. The maximum Gasteiger partial charge on any atom is 0.166 e. The molecule has 1 aliphatic carbocycles. The van der Waals surface area contributed by atoms with E-state index in [4.69, 9.17) is 0 Å². The molecule has 1 heterocycles. The second kappa shape index (κ2) is 2.98. The van der Waals surface area contributed by atoms with Gasteiger partial charge in [-0.25, -0.2) is 0 Å². The zero-order valence-electron chi connectivity index (χ0n) is 8.13. The van der Waals surface area contributed by atoms with Gasteiger partial charge in [0, 0.05) is 19.2 Å². The molecule has 1 aromatic rings. The summed E-state index contributed by atoms with van der Waals surface area (Å²) >= 11 is 0. The van der Waals surface area contributed by atoms with Gasteiger partial charge in [0.15, 0.2) is 5.78 Å². The standard InChI is InChI=1S/C10H14N2O/c1-7-10-8(11-12(7)2)5-3-4-6-9(10)13/h3-6H2,1-2H3. The van der Waals surface area contributed by atoms with Crippen LogP contribution in [0.2, 0.25) is 0 Å². The molecule has 0 aromatic carbocycles. The molecular formula is C10H14N2O. The van der Waals surface area contributed by atoms with Crippen LogP contribution in [0, 0.1) is 6.92 Å². The second-order valence-electron chi connectivity index (χ2n) is 3.66. The summed E-state index contributed by atoms with van der Waals surface area (Å²) in [5.74, 6) is 0.276. The van der Waals surface area contributed by atoms with Crippen LogP contribution >= 0.6 is 0 Å². The fraction of sp³-hybridized carbons (Fsp3) is 0.600. The molecule has 0 unspecified atom stereocenters. The topological polar surface area (TPSA) is 34.9 Å². The monoisotopic (exact) mass is 178 g/mol. The highest BCUT2D eigenvalue weighted by Gasteiger charge is 2.21. The molecule has 1 aromatic heterocycles. The van der Waals surface area contributed by atoms with E-state index in [1.54, 1.807) is 0 Å². The zero-order chi connectivity index (χ0) is 9.42. The average molecular weight is 178 g/mol. The van der Waals surface area contributed by atoms with Crippen molar-refractivity contribution < 1.29 is 4.79 Å². The molecule has 0 fully saturated rings. The van der Waals surface area contributed by atoms with Crippen LogP contribution in [-0.4, -0.2) is 15.6 Å². The predicted octanol–water partition coefficient (Wildman–Crippen LogP) is 1.64. The number of carbonyl (C=O) groups is 1. The Labute approximate surface area is 77.7 Å². The Morgan fingerprint density at radius 3 is 2.77 bits per heavy atom. The third kappa shape index (κ3) is 1.28. The minimum absolute atomic E-state index is 0.276. The molecule has 0 saturated heterocycles. The van der Waals surface area contributed by atoms with Crippen LogP contribution < -0.4 is 0 Å². The van der Waals surface area contributed by atoms with Gasteiger partial charge < -0.3 is 0 Å². The van der Waals surface area contributed by atoms with E-state index in [1.807, 2.05) is 18.7 Å². The summed E-state index contributed by atoms with van der Waals surface area (Å²) in [6, 6.07) is 0. The minimum atomic E-state index is 0.276. The molecule has 1 aliphatic rings. The summed E-state index contributed by atoms with van der Waals surface area (Å²) in [5, 5.41) is 4.36. The molecule has 0 amide bonds. The number of rotatable bonds is 0. The van der Waals surface area contributed by atoms with Crippen molar-refractivity contribution in [3.05, 3.63) is 17.0 Å². The maximum atomic E-state index is 11.7. The van der Waals surface area contributed by atoms with Gasteiger partial charge in [0.05, 0.1) is 11.3 Å². The molecular weight excluding hydrogens is 164 g/mol. The Morgan fingerprint density at radius 2 is 2.00 bits per heavy atom. The lowest BCUT2D eigenvalue weighted by Gasteiger charge is -1.97. The SMILES string of the molecule is Cc1c2c(nn1C)CCCCC2=O. The number of fused-ring (bicyclic) bond motifs is 1. The summed E-state index contributed by atoms with van der Waals surface area (Å²) in [6.45, 7) is 1.97. The van der Waals surface area contributed by atoms with Crippen LogP contribution in [0.15, 0.2) is 0 Å². The van der Waals surface area contributed by atoms with Crippen molar-refractivity contribution in [1.82, 2.24) is 9.78 Å². The quantitative estimate of drug-likeness (QED) is 0.566. The first kappa shape index (κ1) is 8.48. The molecule has 0 spiro atoms. The summed E-state index contributed by atoms with van der Waals surface area (Å²) in [6.07, 6.45) is 3.76. The van der Waals surface area contributed by atoms with Crippen molar-refractivity contribution >= 4 is 5.78 Å². The van der Waals surface area contributed by atoms with Crippen LogP contribution in [0.4, 0.5) is 0 Å². The van der Waals surface area contributed by atoms with Crippen LogP contribution in [0.5, 0.6) is 0 Å². The molecule has 3 nitrogen and oxygen atoms in total. The largest absolute Gasteiger partial charge is 0.294 e. The Bertz CT molecular complexity index is 352. The molecule has 0 radical (unpaired) electrons. The third-order valence-electron chi connectivity index (χ3n) is 2.75. The maximum absolute atomic E-state index is 11.7. The molecule has 0 bridgehead atoms. The summed E-state index contributed by atoms with van der Waals surface area (Å²) in [5.41, 5.74) is 2.91. The van der Waals surface area contributed by atoms with Crippen LogP contribution in [0.3, 0.4) is 0 Å². The zero-order valence-corrected chi connectivity index (χ0v) is 8.13. The van der Waals surface area contributed by atoms with E-state index < -0.39 is 0 Å². The first-order valence-electron chi connectivity index (χ1n) is 4.76. The fourth-order valence-corrected chi connectivity index (χ4v) is 1.92. The number of ketones is 1. The van der Waals surface area contributed by atoms with E-state index >= 15 is 0 Å². The Hall–Kier alpha value is -1.12. The lowest BCUT2D eigenvalue weighted by molar-refractivity contribution is 0.0981. The van der Waals surface area contributed by atoms with E-state index in [2.05, 4.69) is 5.10 Å². The van der Waals surface area contributed by atoms with Gasteiger partial charge in [0.2, 0.25) is 0 Å². The Balaban J connectivity index is 2.54. The molecule has 2 rings (SSSR count). The summed E-state index contributed by atoms with van der Waals surface area (Å²) in [4.78, 5) is 11.7. The summed E-state index contributed by atoms with van der Waals surface area (Å²) in [7, 11) is 1.90. The van der Waals surface area contributed by atoms with Gasteiger partial charge in [-0.15, -0.1) is 0 Å². The number of aryl methyl sites for hydroxylation is 2. The molecule has 3 heteroatoms. The van der Waals surface area contributed by atoms with Gasteiger partial charge in [-0.2, -0.15) is 5.10 Å². The van der Waals surface area contributed by atoms with E-state index in [0.717, 1.165) is 36.2 Å². The predicted molar refractivity (Wildman–Crippen MR) is 49.8 cm³/mol. The first-order valence-corrected chi connectivity index (χ1v) is 4.76. The summed E-state index contributed by atoms with van der Waals surface area (Å²) < 4.78 is 1.81. The first-order chi connectivity index (χ1) is 6.20. The molecule has 0 N–H and O–H groups in total. The lowest BCUT2D eigenvalue weighted by Crippen LogP contribution is -2.01. The van der Waals surface area contributed by atoms with E-state index in [1.165, 1.54) is 0 Å². The van der Waals surface area contributed by atoms with Crippen molar-refractivity contribution in [3.8, 4) is 0 Å². The molecule has 70 valence electrons. The van der Waals surface area contributed by atoms with Gasteiger partial charge in [-0.1, -0.05) is 0 Å². The smallest absolute Gasteiger partial charge is 0.166 e. The molecule has 0 saturated carbocycles. The third-order valence-corrected chi connectivity index (χ3v) is 2.75. The van der Waals surface area contributed by atoms with Crippen LogP contribution in [0.1, 0.15) is 41.0 Å². The Kier molecular flexibility index (Phi) is 1.94. The number of carbonyl (C=O) groups excluding carboxylic acids is 1. The highest BCUT2D eigenvalue weighted by atomic mass is 16.1. The lowest BCUT2D eigenvalue weighted by atomic mass is 10.1. The van der Waals surface area contributed by atoms with Gasteiger partial charge in [0.25, 0.3) is 0 Å². The minimum Gasteiger partial charge on any atom is -0.294 e. The molecule has 0 atom stereocenters. The van der Waals surface area contributed by atoms with Crippen molar-refractivity contribution in [2.75, 3.05) is 0 Å².